The lowest BCUT2D eigenvalue weighted by atomic mass is 10.0. The molecular weight excluding hydrogens is 336 g/mol. The SMILES string of the molecule is C[C@@H]1OC(=O)/C(=C/CCCCCCCC/C=C2/C(=O)O[C@@H](C)[C@H]2O)[C@@H]1O. The fourth-order valence-electron chi connectivity index (χ4n) is 3.27. The Balaban J connectivity index is 1.51. The summed E-state index contributed by atoms with van der Waals surface area (Å²) in [5.41, 5.74) is 0.792. The summed E-state index contributed by atoms with van der Waals surface area (Å²) in [6.07, 6.45) is 9.03. The topological polar surface area (TPSA) is 93.1 Å². The Kier molecular flexibility index (Phi) is 7.85. The van der Waals surface area contributed by atoms with Gasteiger partial charge in [0.15, 0.2) is 0 Å². The molecule has 0 radical (unpaired) electrons. The van der Waals surface area contributed by atoms with Crippen LogP contribution in [0.1, 0.15) is 65.2 Å². The van der Waals surface area contributed by atoms with E-state index in [1.54, 1.807) is 26.0 Å². The standard InChI is InChI=1S/C20H30O6/c1-13-17(21)15(19(23)25-13)11-9-7-5-3-4-6-8-10-12-16-18(22)14(2)26-20(16)24/h11-14,17-18,21-22H,3-10H2,1-2H3/b15-11+,16-12+/t13-,14-,17+,18+/m0/s1. The molecule has 0 amide bonds. The Morgan fingerprint density at radius 2 is 1.08 bits per heavy atom. The van der Waals surface area contributed by atoms with Crippen LogP contribution in [-0.4, -0.2) is 46.6 Å². The molecule has 6 nitrogen and oxygen atoms in total. The Morgan fingerprint density at radius 3 is 1.38 bits per heavy atom. The number of carbonyl (C=O) groups is 2. The van der Waals surface area contributed by atoms with E-state index in [4.69, 9.17) is 9.47 Å². The molecular formula is C20H30O6. The molecule has 4 atom stereocenters. The van der Waals surface area contributed by atoms with E-state index in [0.29, 0.717) is 11.1 Å². The number of esters is 2. The first kappa shape index (κ1) is 20.6. The number of carbonyl (C=O) groups excluding carboxylic acids is 2. The normalized spacial score (nSPS) is 31.7. The zero-order chi connectivity index (χ0) is 19.1. The van der Waals surface area contributed by atoms with Gasteiger partial charge in [-0.1, -0.05) is 37.8 Å². The van der Waals surface area contributed by atoms with Crippen LogP contribution in [0.2, 0.25) is 0 Å². The molecule has 0 unspecified atom stereocenters. The van der Waals surface area contributed by atoms with Crippen molar-refractivity contribution in [3.63, 3.8) is 0 Å². The van der Waals surface area contributed by atoms with Gasteiger partial charge in [0.25, 0.3) is 0 Å². The lowest BCUT2D eigenvalue weighted by Gasteiger charge is -2.05. The molecule has 2 rings (SSSR count). The Labute approximate surface area is 154 Å². The van der Waals surface area contributed by atoms with E-state index >= 15 is 0 Å². The second-order valence-electron chi connectivity index (χ2n) is 7.13. The maximum absolute atomic E-state index is 11.5. The molecule has 146 valence electrons. The van der Waals surface area contributed by atoms with Crippen LogP contribution in [0.5, 0.6) is 0 Å². The number of hydrogen-bond donors (Lipinski definition) is 2. The highest BCUT2D eigenvalue weighted by Crippen LogP contribution is 2.23. The van der Waals surface area contributed by atoms with Crippen LogP contribution in [0.3, 0.4) is 0 Å². The van der Waals surface area contributed by atoms with Crippen molar-refractivity contribution in [1.82, 2.24) is 0 Å². The van der Waals surface area contributed by atoms with Gasteiger partial charge in [0.1, 0.15) is 24.4 Å². The highest BCUT2D eigenvalue weighted by Gasteiger charge is 2.35. The van der Waals surface area contributed by atoms with Gasteiger partial charge in [0, 0.05) is 0 Å². The molecule has 0 spiro atoms. The van der Waals surface area contributed by atoms with Crippen molar-refractivity contribution in [2.45, 2.75) is 89.6 Å². The summed E-state index contributed by atoms with van der Waals surface area (Å²) in [4.78, 5) is 23.0. The largest absolute Gasteiger partial charge is 0.456 e. The average Bonchev–Trinajstić information content (AvgIpc) is 2.98. The first-order valence-electron chi connectivity index (χ1n) is 9.60. The van der Waals surface area contributed by atoms with Crippen LogP contribution in [0.25, 0.3) is 0 Å². The van der Waals surface area contributed by atoms with E-state index in [0.717, 1.165) is 51.4 Å². The molecule has 6 heteroatoms. The van der Waals surface area contributed by atoms with Crippen LogP contribution < -0.4 is 0 Å². The molecule has 0 bridgehead atoms. The number of aliphatic hydroxyl groups excluding tert-OH is 2. The first-order valence-corrected chi connectivity index (χ1v) is 9.60. The van der Waals surface area contributed by atoms with Crippen LogP contribution in [0.15, 0.2) is 23.3 Å². The Morgan fingerprint density at radius 1 is 0.731 bits per heavy atom. The molecule has 0 aromatic rings. The quantitative estimate of drug-likeness (QED) is 0.370. The minimum absolute atomic E-state index is 0.396. The lowest BCUT2D eigenvalue weighted by molar-refractivity contribution is -0.139. The number of aliphatic hydroxyl groups is 2. The molecule has 0 aliphatic carbocycles. The highest BCUT2D eigenvalue weighted by atomic mass is 16.6. The fraction of sp³-hybridized carbons (Fsp3) is 0.700. The van der Waals surface area contributed by atoms with Crippen LogP contribution in [0, 0.1) is 0 Å². The van der Waals surface area contributed by atoms with Gasteiger partial charge in [-0.2, -0.15) is 0 Å². The Bertz CT molecular complexity index is 515. The predicted molar refractivity (Wildman–Crippen MR) is 96.2 cm³/mol. The molecule has 2 saturated heterocycles. The fourth-order valence-corrected chi connectivity index (χ4v) is 3.27. The van der Waals surface area contributed by atoms with Gasteiger partial charge in [0.2, 0.25) is 0 Å². The molecule has 2 aliphatic heterocycles. The second-order valence-corrected chi connectivity index (χ2v) is 7.13. The number of cyclic esters (lactones) is 2. The Hall–Kier alpha value is -1.66. The number of rotatable bonds is 9. The van der Waals surface area contributed by atoms with E-state index in [1.165, 1.54) is 0 Å². The number of ether oxygens (including phenoxy) is 2. The van der Waals surface area contributed by atoms with Crippen molar-refractivity contribution < 1.29 is 29.3 Å². The monoisotopic (exact) mass is 366 g/mol. The minimum atomic E-state index is -0.796. The van der Waals surface area contributed by atoms with Crippen molar-refractivity contribution in [1.29, 1.82) is 0 Å². The average molecular weight is 366 g/mol. The molecule has 0 aromatic heterocycles. The second kappa shape index (κ2) is 9.88. The predicted octanol–water partition coefficient (Wildman–Crippen LogP) is 2.57. The highest BCUT2D eigenvalue weighted by molar-refractivity contribution is 5.92. The summed E-state index contributed by atoms with van der Waals surface area (Å²) in [5, 5.41) is 19.6. The first-order chi connectivity index (χ1) is 12.4. The zero-order valence-electron chi connectivity index (χ0n) is 15.6. The molecule has 0 saturated carbocycles. The van der Waals surface area contributed by atoms with Gasteiger partial charge in [-0.05, 0) is 39.5 Å². The van der Waals surface area contributed by atoms with Gasteiger partial charge >= 0.3 is 11.9 Å². The third-order valence-corrected chi connectivity index (χ3v) is 4.97. The molecule has 2 N–H and O–H groups in total. The van der Waals surface area contributed by atoms with Crippen LogP contribution in [-0.2, 0) is 19.1 Å². The number of unbranched alkanes of at least 4 members (excludes halogenated alkanes) is 7. The summed E-state index contributed by atoms with van der Waals surface area (Å²) in [5.74, 6) is -0.797. The lowest BCUT2D eigenvalue weighted by Crippen LogP contribution is -2.17. The van der Waals surface area contributed by atoms with Crippen LogP contribution in [0.4, 0.5) is 0 Å². The molecule has 26 heavy (non-hydrogen) atoms. The molecule has 0 aromatic carbocycles. The summed E-state index contributed by atoms with van der Waals surface area (Å²) < 4.78 is 9.94. The van der Waals surface area contributed by atoms with E-state index in [9.17, 15) is 19.8 Å². The van der Waals surface area contributed by atoms with Crippen molar-refractivity contribution in [2.75, 3.05) is 0 Å². The van der Waals surface area contributed by atoms with E-state index in [1.807, 2.05) is 0 Å². The number of allylic oxidation sites excluding steroid dienone is 2. The maximum Gasteiger partial charge on any atom is 0.336 e. The van der Waals surface area contributed by atoms with Gasteiger partial charge in [-0.3, -0.25) is 0 Å². The van der Waals surface area contributed by atoms with E-state index < -0.39 is 36.4 Å². The minimum Gasteiger partial charge on any atom is -0.456 e. The van der Waals surface area contributed by atoms with Crippen molar-refractivity contribution in [2.24, 2.45) is 0 Å². The maximum atomic E-state index is 11.5. The number of hydrogen-bond acceptors (Lipinski definition) is 6. The smallest absolute Gasteiger partial charge is 0.336 e. The van der Waals surface area contributed by atoms with E-state index in [-0.39, 0.29) is 0 Å². The zero-order valence-corrected chi connectivity index (χ0v) is 15.6. The van der Waals surface area contributed by atoms with Crippen molar-refractivity contribution >= 4 is 11.9 Å². The van der Waals surface area contributed by atoms with Gasteiger partial charge in [-0.25, -0.2) is 9.59 Å². The van der Waals surface area contributed by atoms with Crippen molar-refractivity contribution in [3.05, 3.63) is 23.3 Å². The summed E-state index contributed by atoms with van der Waals surface area (Å²) in [7, 11) is 0. The van der Waals surface area contributed by atoms with Crippen LogP contribution >= 0.6 is 0 Å². The van der Waals surface area contributed by atoms with Gasteiger partial charge in [0.05, 0.1) is 11.1 Å². The molecule has 2 aliphatic rings. The van der Waals surface area contributed by atoms with E-state index in [2.05, 4.69) is 0 Å². The molecule has 2 heterocycles. The molecule has 2 fully saturated rings. The summed E-state index contributed by atoms with van der Waals surface area (Å²) in [6, 6.07) is 0. The van der Waals surface area contributed by atoms with Gasteiger partial charge < -0.3 is 19.7 Å². The third-order valence-electron chi connectivity index (χ3n) is 4.97. The van der Waals surface area contributed by atoms with Gasteiger partial charge in [-0.15, -0.1) is 0 Å². The summed E-state index contributed by atoms with van der Waals surface area (Å²) >= 11 is 0. The van der Waals surface area contributed by atoms with Crippen molar-refractivity contribution in [3.8, 4) is 0 Å². The third kappa shape index (κ3) is 5.42. The summed E-state index contributed by atoms with van der Waals surface area (Å²) in [6.45, 7) is 3.38.